The van der Waals surface area contributed by atoms with Crippen LogP contribution in [0.5, 0.6) is 11.5 Å². The molecule has 2 N–H and O–H groups in total. The van der Waals surface area contributed by atoms with Crippen LogP contribution in [0.2, 0.25) is 0 Å². The Balaban J connectivity index is 1.93. The van der Waals surface area contributed by atoms with Crippen LogP contribution < -0.4 is 20.1 Å². The van der Waals surface area contributed by atoms with Crippen molar-refractivity contribution in [3.8, 4) is 11.5 Å². The summed E-state index contributed by atoms with van der Waals surface area (Å²) in [6.45, 7) is 5.53. The van der Waals surface area contributed by atoms with E-state index in [1.165, 1.54) is 19.3 Å². The van der Waals surface area contributed by atoms with E-state index in [0.29, 0.717) is 24.5 Å². The predicted molar refractivity (Wildman–Crippen MR) is 134 cm³/mol. The minimum Gasteiger partial charge on any atom is -0.494 e. The smallest absolute Gasteiger partial charge is 0.261 e. The number of carbonyl (C=O) groups is 1. The van der Waals surface area contributed by atoms with Gasteiger partial charge in [-0.3, -0.25) is 10.1 Å². The minimum atomic E-state index is -0.325. The van der Waals surface area contributed by atoms with E-state index in [9.17, 15) is 4.79 Å². The van der Waals surface area contributed by atoms with Gasteiger partial charge in [-0.25, -0.2) is 0 Å². The number of anilines is 1. The fourth-order valence-electron chi connectivity index (χ4n) is 2.85. The molecule has 31 heavy (non-hydrogen) atoms. The van der Waals surface area contributed by atoms with Crippen molar-refractivity contribution in [2.75, 3.05) is 18.5 Å². The average Bonchev–Trinajstić information content (AvgIpc) is 2.75. The Morgan fingerprint density at radius 1 is 0.968 bits per heavy atom. The third-order valence-electron chi connectivity index (χ3n) is 4.53. The van der Waals surface area contributed by atoms with Crippen LogP contribution >= 0.6 is 28.1 Å². The van der Waals surface area contributed by atoms with Gasteiger partial charge < -0.3 is 14.8 Å². The number of halogens is 1. The van der Waals surface area contributed by atoms with Crippen molar-refractivity contribution in [3.63, 3.8) is 0 Å². The molecule has 0 saturated heterocycles. The van der Waals surface area contributed by atoms with Gasteiger partial charge in [0.1, 0.15) is 11.5 Å². The lowest BCUT2D eigenvalue weighted by Crippen LogP contribution is -2.34. The van der Waals surface area contributed by atoms with Gasteiger partial charge in [0, 0.05) is 16.2 Å². The van der Waals surface area contributed by atoms with E-state index >= 15 is 0 Å². The highest BCUT2D eigenvalue weighted by atomic mass is 79.9. The Hall–Kier alpha value is -2.12. The van der Waals surface area contributed by atoms with Crippen molar-refractivity contribution in [2.24, 2.45) is 0 Å². The Kier molecular flexibility index (Phi) is 11.4. The van der Waals surface area contributed by atoms with Crippen molar-refractivity contribution in [3.05, 3.63) is 52.5 Å². The van der Waals surface area contributed by atoms with Crippen molar-refractivity contribution >= 4 is 44.9 Å². The molecule has 0 unspecified atom stereocenters. The molecule has 2 rings (SSSR count). The molecule has 168 valence electrons. The molecule has 2 aromatic rings. The van der Waals surface area contributed by atoms with Gasteiger partial charge in [0.15, 0.2) is 5.11 Å². The molecule has 0 bridgehead atoms. The highest BCUT2D eigenvalue weighted by Gasteiger charge is 2.15. The number of rotatable bonds is 12. The SMILES string of the molecule is CCCCCCOc1cccc(NC(=S)NC(=O)c2cc(Br)ccc2OCCCC)c1. The number of nitrogens with one attached hydrogen (secondary N) is 2. The fourth-order valence-corrected chi connectivity index (χ4v) is 3.42. The lowest BCUT2D eigenvalue weighted by molar-refractivity contribution is 0.0973. The second-order valence-corrected chi connectivity index (χ2v) is 8.51. The van der Waals surface area contributed by atoms with Crippen LogP contribution in [0, 0.1) is 0 Å². The average molecular weight is 507 g/mol. The zero-order chi connectivity index (χ0) is 22.5. The van der Waals surface area contributed by atoms with E-state index in [-0.39, 0.29) is 11.0 Å². The van der Waals surface area contributed by atoms with Crippen LogP contribution in [0.1, 0.15) is 62.7 Å². The first kappa shape index (κ1) is 25.1. The van der Waals surface area contributed by atoms with Crippen LogP contribution in [-0.4, -0.2) is 24.2 Å². The number of hydrogen-bond donors (Lipinski definition) is 2. The number of carbonyl (C=O) groups excluding carboxylic acids is 1. The summed E-state index contributed by atoms with van der Waals surface area (Å²) in [7, 11) is 0. The second kappa shape index (κ2) is 14.0. The van der Waals surface area contributed by atoms with Gasteiger partial charge in [-0.05, 0) is 55.4 Å². The third kappa shape index (κ3) is 9.27. The van der Waals surface area contributed by atoms with E-state index in [2.05, 4.69) is 40.4 Å². The van der Waals surface area contributed by atoms with Gasteiger partial charge in [0.25, 0.3) is 5.91 Å². The molecule has 1 amide bonds. The zero-order valence-corrected chi connectivity index (χ0v) is 20.6. The number of hydrogen-bond acceptors (Lipinski definition) is 4. The van der Waals surface area contributed by atoms with Crippen molar-refractivity contribution < 1.29 is 14.3 Å². The van der Waals surface area contributed by atoms with Crippen LogP contribution in [0.3, 0.4) is 0 Å². The monoisotopic (exact) mass is 506 g/mol. The van der Waals surface area contributed by atoms with E-state index in [1.807, 2.05) is 30.3 Å². The van der Waals surface area contributed by atoms with Crippen molar-refractivity contribution in [2.45, 2.75) is 52.4 Å². The molecule has 7 heteroatoms. The quantitative estimate of drug-likeness (QED) is 0.247. The Labute approximate surface area is 199 Å². The number of amides is 1. The molecule has 0 saturated carbocycles. The van der Waals surface area contributed by atoms with Crippen LogP contribution in [-0.2, 0) is 0 Å². The molecular weight excluding hydrogens is 476 g/mol. The molecule has 2 aromatic carbocycles. The molecule has 0 aromatic heterocycles. The standard InChI is InChI=1S/C24H31BrN2O3S/c1-3-5-7-8-15-29-20-11-9-10-19(17-20)26-24(31)27-23(28)21-16-18(25)12-13-22(21)30-14-6-4-2/h9-13,16-17H,3-8,14-15H2,1-2H3,(H2,26,27,28,31). The summed E-state index contributed by atoms with van der Waals surface area (Å²) in [6, 6.07) is 12.9. The molecule has 0 heterocycles. The molecule has 0 spiro atoms. The largest absolute Gasteiger partial charge is 0.494 e. The maximum atomic E-state index is 12.8. The molecule has 0 aliphatic rings. The van der Waals surface area contributed by atoms with Gasteiger partial charge in [-0.1, -0.05) is 61.5 Å². The number of thiocarbonyl (C=S) groups is 1. The number of benzene rings is 2. The first-order valence-electron chi connectivity index (χ1n) is 10.8. The second-order valence-electron chi connectivity index (χ2n) is 7.19. The van der Waals surface area contributed by atoms with E-state index < -0.39 is 0 Å². The molecular formula is C24H31BrN2O3S. The predicted octanol–water partition coefficient (Wildman–Crippen LogP) is 6.71. The van der Waals surface area contributed by atoms with Gasteiger partial charge in [0.2, 0.25) is 0 Å². The molecule has 0 fully saturated rings. The van der Waals surface area contributed by atoms with Crippen LogP contribution in [0.25, 0.3) is 0 Å². The summed E-state index contributed by atoms with van der Waals surface area (Å²) < 4.78 is 12.4. The zero-order valence-electron chi connectivity index (χ0n) is 18.2. The van der Waals surface area contributed by atoms with E-state index in [0.717, 1.165) is 35.2 Å². The highest BCUT2D eigenvalue weighted by Crippen LogP contribution is 2.24. The molecule has 5 nitrogen and oxygen atoms in total. The van der Waals surface area contributed by atoms with Crippen molar-refractivity contribution in [1.29, 1.82) is 0 Å². The van der Waals surface area contributed by atoms with E-state index in [1.54, 1.807) is 12.1 Å². The first-order chi connectivity index (χ1) is 15.0. The summed E-state index contributed by atoms with van der Waals surface area (Å²) in [6.07, 6.45) is 6.58. The molecule has 0 aliphatic carbocycles. The van der Waals surface area contributed by atoms with E-state index in [4.69, 9.17) is 21.7 Å². The number of unbranched alkanes of at least 4 members (excludes halogenated alkanes) is 4. The lowest BCUT2D eigenvalue weighted by Gasteiger charge is -2.14. The van der Waals surface area contributed by atoms with Crippen molar-refractivity contribution in [1.82, 2.24) is 5.32 Å². The lowest BCUT2D eigenvalue weighted by atomic mass is 10.2. The van der Waals surface area contributed by atoms with Crippen LogP contribution in [0.4, 0.5) is 5.69 Å². The summed E-state index contributed by atoms with van der Waals surface area (Å²) in [4.78, 5) is 12.8. The van der Waals surface area contributed by atoms with Gasteiger partial charge in [0.05, 0.1) is 18.8 Å². The summed E-state index contributed by atoms with van der Waals surface area (Å²) in [5.41, 5.74) is 1.18. The topological polar surface area (TPSA) is 59.6 Å². The van der Waals surface area contributed by atoms with Gasteiger partial charge in [-0.15, -0.1) is 0 Å². The fraction of sp³-hybridized carbons (Fsp3) is 0.417. The molecule has 0 aliphatic heterocycles. The first-order valence-corrected chi connectivity index (χ1v) is 12.0. The third-order valence-corrected chi connectivity index (χ3v) is 5.22. The Morgan fingerprint density at radius 3 is 2.52 bits per heavy atom. The molecule has 0 atom stereocenters. The molecule has 0 radical (unpaired) electrons. The Morgan fingerprint density at radius 2 is 1.74 bits per heavy atom. The number of ether oxygens (including phenoxy) is 2. The van der Waals surface area contributed by atoms with Crippen LogP contribution in [0.15, 0.2) is 46.9 Å². The maximum absolute atomic E-state index is 12.8. The minimum absolute atomic E-state index is 0.213. The summed E-state index contributed by atoms with van der Waals surface area (Å²) >= 11 is 8.75. The highest BCUT2D eigenvalue weighted by molar-refractivity contribution is 9.10. The Bertz CT molecular complexity index is 860. The van der Waals surface area contributed by atoms with Gasteiger partial charge in [-0.2, -0.15) is 0 Å². The summed E-state index contributed by atoms with van der Waals surface area (Å²) in [5, 5.41) is 5.99. The maximum Gasteiger partial charge on any atom is 0.261 e. The van der Waals surface area contributed by atoms with Gasteiger partial charge >= 0.3 is 0 Å². The summed E-state index contributed by atoms with van der Waals surface area (Å²) in [5.74, 6) is 0.985. The normalized spacial score (nSPS) is 10.4.